The molecule has 2 N–H and O–H groups in total. The third-order valence-electron chi connectivity index (χ3n) is 5.07. The Morgan fingerprint density at radius 3 is 2.55 bits per heavy atom. The van der Waals surface area contributed by atoms with Gasteiger partial charge in [0.1, 0.15) is 0 Å². The molecule has 2 heteroatoms. The highest BCUT2D eigenvalue weighted by Gasteiger charge is 2.34. The molecule has 1 fully saturated rings. The summed E-state index contributed by atoms with van der Waals surface area (Å²) in [6.07, 6.45) is 8.94. The van der Waals surface area contributed by atoms with E-state index in [9.17, 15) is 0 Å². The van der Waals surface area contributed by atoms with Gasteiger partial charge in [0.2, 0.25) is 0 Å². The summed E-state index contributed by atoms with van der Waals surface area (Å²) < 4.78 is 0. The van der Waals surface area contributed by atoms with Gasteiger partial charge in [-0.05, 0) is 74.1 Å². The number of hydrogen-bond acceptors (Lipinski definition) is 1. The van der Waals surface area contributed by atoms with E-state index < -0.39 is 0 Å². The SMILES string of the molecule is CCCC1CCC(CN)(Cc2ccc(C)cc2Cl)CC1. The molecule has 0 radical (unpaired) electrons. The number of aryl methyl sites for hydroxylation is 1. The summed E-state index contributed by atoms with van der Waals surface area (Å²) in [6, 6.07) is 6.42. The maximum atomic E-state index is 6.41. The summed E-state index contributed by atoms with van der Waals surface area (Å²) in [7, 11) is 0. The van der Waals surface area contributed by atoms with Gasteiger partial charge in [-0.15, -0.1) is 0 Å². The lowest BCUT2D eigenvalue weighted by molar-refractivity contribution is 0.151. The van der Waals surface area contributed by atoms with Crippen LogP contribution in [0.15, 0.2) is 18.2 Å². The second kappa shape index (κ2) is 6.95. The lowest BCUT2D eigenvalue weighted by atomic mass is 9.67. The summed E-state index contributed by atoms with van der Waals surface area (Å²) in [6.45, 7) is 5.16. The van der Waals surface area contributed by atoms with Crippen molar-refractivity contribution in [3.8, 4) is 0 Å². The summed E-state index contributed by atoms with van der Waals surface area (Å²) in [5.41, 5.74) is 8.93. The van der Waals surface area contributed by atoms with Crippen LogP contribution in [0.5, 0.6) is 0 Å². The predicted molar refractivity (Wildman–Crippen MR) is 88.2 cm³/mol. The monoisotopic (exact) mass is 293 g/mol. The number of nitrogens with two attached hydrogens (primary N) is 1. The highest BCUT2D eigenvalue weighted by Crippen LogP contribution is 2.43. The van der Waals surface area contributed by atoms with E-state index in [1.165, 1.54) is 49.7 Å². The van der Waals surface area contributed by atoms with E-state index in [1.54, 1.807) is 0 Å². The van der Waals surface area contributed by atoms with Gasteiger partial charge in [0.15, 0.2) is 0 Å². The Morgan fingerprint density at radius 1 is 1.30 bits per heavy atom. The van der Waals surface area contributed by atoms with Crippen LogP contribution in [0.1, 0.15) is 56.6 Å². The number of hydrogen-bond donors (Lipinski definition) is 1. The van der Waals surface area contributed by atoms with Crippen LogP contribution in [0.25, 0.3) is 0 Å². The molecular weight excluding hydrogens is 266 g/mol. The van der Waals surface area contributed by atoms with Crippen molar-refractivity contribution >= 4 is 11.6 Å². The van der Waals surface area contributed by atoms with Gasteiger partial charge in [-0.3, -0.25) is 0 Å². The lowest BCUT2D eigenvalue weighted by Gasteiger charge is -2.40. The minimum atomic E-state index is 0.281. The van der Waals surface area contributed by atoms with Gasteiger partial charge in [-0.1, -0.05) is 43.5 Å². The Kier molecular flexibility index (Phi) is 5.51. The summed E-state index contributed by atoms with van der Waals surface area (Å²) in [4.78, 5) is 0. The van der Waals surface area contributed by atoms with Gasteiger partial charge >= 0.3 is 0 Å². The fourth-order valence-electron chi connectivity index (χ4n) is 3.64. The highest BCUT2D eigenvalue weighted by molar-refractivity contribution is 6.31. The second-order valence-electron chi connectivity index (χ2n) is 6.71. The van der Waals surface area contributed by atoms with Crippen LogP contribution in [0.2, 0.25) is 5.02 Å². The van der Waals surface area contributed by atoms with Crippen LogP contribution >= 0.6 is 11.6 Å². The maximum absolute atomic E-state index is 6.41. The van der Waals surface area contributed by atoms with Gasteiger partial charge in [-0.2, -0.15) is 0 Å². The molecule has 1 aromatic rings. The highest BCUT2D eigenvalue weighted by atomic mass is 35.5. The standard InChI is InChI=1S/C18H28ClN/c1-3-4-15-7-9-18(13-20,10-8-15)12-16-6-5-14(2)11-17(16)19/h5-6,11,15H,3-4,7-10,12-13,20H2,1-2H3. The quantitative estimate of drug-likeness (QED) is 0.800. The molecule has 1 aromatic carbocycles. The van der Waals surface area contributed by atoms with Crippen LogP contribution in [0.4, 0.5) is 0 Å². The van der Waals surface area contributed by atoms with Crippen molar-refractivity contribution in [3.05, 3.63) is 34.3 Å². The Bertz CT molecular complexity index is 433. The molecule has 1 nitrogen and oxygen atoms in total. The average molecular weight is 294 g/mol. The normalized spacial score (nSPS) is 26.7. The van der Waals surface area contributed by atoms with Crippen molar-refractivity contribution in [2.75, 3.05) is 6.54 Å². The van der Waals surface area contributed by atoms with Crippen molar-refractivity contribution in [3.63, 3.8) is 0 Å². The van der Waals surface area contributed by atoms with Crippen LogP contribution in [0, 0.1) is 18.3 Å². The van der Waals surface area contributed by atoms with E-state index in [-0.39, 0.29) is 5.41 Å². The Labute approximate surface area is 128 Å². The number of halogens is 1. The van der Waals surface area contributed by atoms with E-state index >= 15 is 0 Å². The first-order valence-corrected chi connectivity index (χ1v) is 8.41. The van der Waals surface area contributed by atoms with E-state index in [4.69, 9.17) is 17.3 Å². The van der Waals surface area contributed by atoms with Crippen LogP contribution in [-0.2, 0) is 6.42 Å². The molecule has 0 aromatic heterocycles. The van der Waals surface area contributed by atoms with E-state index in [1.807, 2.05) is 0 Å². The van der Waals surface area contributed by atoms with Crippen molar-refractivity contribution in [1.29, 1.82) is 0 Å². The van der Waals surface area contributed by atoms with Gasteiger partial charge in [0.05, 0.1) is 0 Å². The molecule has 0 aliphatic heterocycles. The van der Waals surface area contributed by atoms with Gasteiger partial charge < -0.3 is 5.73 Å². The van der Waals surface area contributed by atoms with Gasteiger partial charge in [0.25, 0.3) is 0 Å². The number of benzene rings is 1. The molecule has 0 saturated heterocycles. The first-order chi connectivity index (χ1) is 9.58. The van der Waals surface area contributed by atoms with Crippen molar-refractivity contribution in [2.45, 2.75) is 58.8 Å². The molecule has 0 amide bonds. The first-order valence-electron chi connectivity index (χ1n) is 8.03. The lowest BCUT2D eigenvalue weighted by Crippen LogP contribution is -2.37. The number of rotatable bonds is 5. The molecule has 1 saturated carbocycles. The van der Waals surface area contributed by atoms with Crippen LogP contribution in [0.3, 0.4) is 0 Å². The van der Waals surface area contributed by atoms with Gasteiger partial charge in [-0.25, -0.2) is 0 Å². The molecule has 2 rings (SSSR count). The molecule has 0 heterocycles. The molecule has 0 unspecified atom stereocenters. The maximum Gasteiger partial charge on any atom is 0.0440 e. The zero-order chi connectivity index (χ0) is 14.6. The summed E-state index contributed by atoms with van der Waals surface area (Å²) in [5, 5.41) is 0.911. The minimum Gasteiger partial charge on any atom is -0.330 e. The van der Waals surface area contributed by atoms with Crippen molar-refractivity contribution in [1.82, 2.24) is 0 Å². The Balaban J connectivity index is 2.05. The first kappa shape index (κ1) is 15.9. The van der Waals surface area contributed by atoms with E-state index in [2.05, 4.69) is 32.0 Å². The summed E-state index contributed by atoms with van der Waals surface area (Å²) >= 11 is 6.41. The summed E-state index contributed by atoms with van der Waals surface area (Å²) in [5.74, 6) is 0.924. The molecule has 0 atom stereocenters. The zero-order valence-electron chi connectivity index (χ0n) is 12.9. The minimum absolute atomic E-state index is 0.281. The molecular formula is C18H28ClN. The largest absolute Gasteiger partial charge is 0.330 e. The van der Waals surface area contributed by atoms with E-state index in [0.717, 1.165) is 23.9 Å². The van der Waals surface area contributed by atoms with Crippen LogP contribution < -0.4 is 5.73 Å². The third-order valence-corrected chi connectivity index (χ3v) is 5.42. The van der Waals surface area contributed by atoms with Crippen LogP contribution in [-0.4, -0.2) is 6.54 Å². The van der Waals surface area contributed by atoms with Crippen molar-refractivity contribution in [2.24, 2.45) is 17.1 Å². The Hall–Kier alpha value is -0.530. The molecule has 0 spiro atoms. The fraction of sp³-hybridized carbons (Fsp3) is 0.667. The Morgan fingerprint density at radius 2 is 2.00 bits per heavy atom. The average Bonchev–Trinajstić information content (AvgIpc) is 2.45. The van der Waals surface area contributed by atoms with Crippen molar-refractivity contribution < 1.29 is 0 Å². The van der Waals surface area contributed by atoms with E-state index in [0.29, 0.717) is 0 Å². The third kappa shape index (κ3) is 3.77. The smallest absolute Gasteiger partial charge is 0.0440 e. The molecule has 0 bridgehead atoms. The molecule has 20 heavy (non-hydrogen) atoms. The zero-order valence-corrected chi connectivity index (χ0v) is 13.7. The van der Waals surface area contributed by atoms with Gasteiger partial charge in [0, 0.05) is 5.02 Å². The molecule has 1 aliphatic rings. The predicted octanol–water partition coefficient (Wildman–Crippen LogP) is 5.13. The molecule has 1 aliphatic carbocycles. The molecule has 112 valence electrons. The fourth-order valence-corrected chi connectivity index (χ4v) is 3.94. The second-order valence-corrected chi connectivity index (χ2v) is 7.12. The topological polar surface area (TPSA) is 26.0 Å².